The first-order chi connectivity index (χ1) is 18.1. The number of hydrogen-bond acceptors (Lipinski definition) is 6. The molecular formula is C28H34N6O3. The van der Waals surface area contributed by atoms with E-state index >= 15 is 0 Å². The molecule has 2 N–H and O–H groups in total. The molecule has 0 radical (unpaired) electrons. The molecule has 5 rings (SSSR count). The third-order valence-electron chi connectivity index (χ3n) is 7.43. The molecule has 0 unspecified atom stereocenters. The van der Waals surface area contributed by atoms with Crippen LogP contribution in [0.5, 0.6) is 0 Å². The number of carbonyl (C=O) groups excluding carboxylic acids is 2. The van der Waals surface area contributed by atoms with Gasteiger partial charge in [0, 0.05) is 49.6 Å². The summed E-state index contributed by atoms with van der Waals surface area (Å²) >= 11 is 0. The van der Waals surface area contributed by atoms with Gasteiger partial charge in [0.05, 0.1) is 5.92 Å². The maximum Gasteiger partial charge on any atom is 0.317 e. The summed E-state index contributed by atoms with van der Waals surface area (Å²) in [5, 5.41) is 10.3. The van der Waals surface area contributed by atoms with E-state index in [0.717, 1.165) is 36.8 Å². The van der Waals surface area contributed by atoms with Gasteiger partial charge in [-0.25, -0.2) is 4.79 Å². The molecule has 3 aromatic rings. The molecule has 0 spiro atoms. The number of aromatic nitrogens is 3. The van der Waals surface area contributed by atoms with Gasteiger partial charge in [0.15, 0.2) is 0 Å². The summed E-state index contributed by atoms with van der Waals surface area (Å²) in [5.74, 6) is 0.551. The standard InChI is InChI=1S/C28H34N6O3/c1-19-8-10-20(11-9-19)17-31-28(36)34-14-5-3-2-4-13-30-26(35)23-15-22(16-24(23)34)27-32-25(33-37-27)21-7-6-12-29-18-21/h6-12,18,22-24H,2-5,13-17H2,1H3,(H,30,35)(H,31,36)/t22-,23-,24+/m1/s1. The molecule has 9 nitrogen and oxygen atoms in total. The minimum absolute atomic E-state index is 0.00210. The van der Waals surface area contributed by atoms with Crippen LogP contribution in [0.3, 0.4) is 0 Å². The largest absolute Gasteiger partial charge is 0.356 e. The number of nitrogens with one attached hydrogen (secondary N) is 2. The average molecular weight is 503 g/mol. The molecule has 9 heteroatoms. The van der Waals surface area contributed by atoms with E-state index in [1.165, 1.54) is 5.56 Å². The Morgan fingerprint density at radius 3 is 2.78 bits per heavy atom. The molecule has 1 aliphatic heterocycles. The predicted octanol–water partition coefficient (Wildman–Crippen LogP) is 4.20. The molecule has 1 aliphatic carbocycles. The van der Waals surface area contributed by atoms with Crippen LogP contribution in [0.2, 0.25) is 0 Å². The molecule has 0 bridgehead atoms. The van der Waals surface area contributed by atoms with Crippen molar-refractivity contribution in [2.24, 2.45) is 5.92 Å². The van der Waals surface area contributed by atoms with Crippen LogP contribution >= 0.6 is 0 Å². The second-order valence-electron chi connectivity index (χ2n) is 10.1. The summed E-state index contributed by atoms with van der Waals surface area (Å²) in [4.78, 5) is 37.4. The molecule has 1 saturated carbocycles. The Kier molecular flexibility index (Phi) is 7.77. The number of rotatable bonds is 4. The number of nitrogens with zero attached hydrogens (tertiary/aromatic N) is 4. The molecule has 2 fully saturated rings. The van der Waals surface area contributed by atoms with Gasteiger partial charge in [-0.1, -0.05) is 47.8 Å². The van der Waals surface area contributed by atoms with Crippen molar-refractivity contribution in [3.8, 4) is 11.4 Å². The number of pyridine rings is 1. The Morgan fingerprint density at radius 2 is 1.97 bits per heavy atom. The van der Waals surface area contributed by atoms with Crippen molar-refractivity contribution in [1.82, 2.24) is 30.7 Å². The van der Waals surface area contributed by atoms with Gasteiger partial charge in [-0.05, 0) is 50.3 Å². The van der Waals surface area contributed by atoms with Crippen molar-refractivity contribution in [2.45, 2.75) is 64.0 Å². The minimum atomic E-state index is -0.332. The van der Waals surface area contributed by atoms with E-state index in [0.29, 0.717) is 44.2 Å². The smallest absolute Gasteiger partial charge is 0.317 e. The van der Waals surface area contributed by atoms with Gasteiger partial charge in [-0.3, -0.25) is 9.78 Å². The van der Waals surface area contributed by atoms with Crippen molar-refractivity contribution in [2.75, 3.05) is 13.1 Å². The number of benzene rings is 1. The summed E-state index contributed by atoms with van der Waals surface area (Å²) in [6.45, 7) is 3.77. The highest BCUT2D eigenvalue weighted by atomic mass is 16.5. The number of carbonyl (C=O) groups is 2. The average Bonchev–Trinajstić information content (AvgIpc) is 3.57. The predicted molar refractivity (Wildman–Crippen MR) is 138 cm³/mol. The highest BCUT2D eigenvalue weighted by molar-refractivity contribution is 5.82. The first-order valence-corrected chi connectivity index (χ1v) is 13.2. The molecule has 2 aliphatic rings. The van der Waals surface area contributed by atoms with Gasteiger partial charge in [0.25, 0.3) is 0 Å². The lowest BCUT2D eigenvalue weighted by molar-refractivity contribution is -0.126. The van der Waals surface area contributed by atoms with E-state index in [4.69, 9.17) is 4.52 Å². The zero-order valence-corrected chi connectivity index (χ0v) is 21.2. The topological polar surface area (TPSA) is 113 Å². The van der Waals surface area contributed by atoms with Gasteiger partial charge < -0.3 is 20.1 Å². The van der Waals surface area contributed by atoms with E-state index in [1.807, 2.05) is 48.2 Å². The molecule has 1 aromatic carbocycles. The van der Waals surface area contributed by atoms with Crippen LogP contribution in [0.4, 0.5) is 4.79 Å². The quantitative estimate of drug-likeness (QED) is 0.553. The molecular weight excluding hydrogens is 468 g/mol. The Bertz CT molecular complexity index is 1200. The number of aryl methyl sites for hydroxylation is 1. The monoisotopic (exact) mass is 502 g/mol. The van der Waals surface area contributed by atoms with Crippen molar-refractivity contribution >= 4 is 11.9 Å². The normalized spacial score (nSPS) is 22.6. The van der Waals surface area contributed by atoms with E-state index in [2.05, 4.69) is 25.8 Å². The summed E-state index contributed by atoms with van der Waals surface area (Å²) in [6, 6.07) is 11.5. The summed E-state index contributed by atoms with van der Waals surface area (Å²) in [7, 11) is 0. The highest BCUT2D eigenvalue weighted by Crippen LogP contribution is 2.41. The molecule has 3 heterocycles. The summed E-state index contributed by atoms with van der Waals surface area (Å²) in [6.07, 6.45) is 8.48. The second-order valence-corrected chi connectivity index (χ2v) is 10.1. The van der Waals surface area contributed by atoms with Crippen LogP contribution in [0.15, 0.2) is 53.3 Å². The number of amides is 3. The third kappa shape index (κ3) is 5.98. The molecule has 194 valence electrons. The van der Waals surface area contributed by atoms with E-state index < -0.39 is 0 Å². The van der Waals surface area contributed by atoms with Crippen molar-refractivity contribution < 1.29 is 14.1 Å². The molecule has 3 amide bonds. The van der Waals surface area contributed by atoms with Crippen molar-refractivity contribution in [3.05, 3.63) is 65.8 Å². The fourth-order valence-corrected chi connectivity index (χ4v) is 5.36. The summed E-state index contributed by atoms with van der Waals surface area (Å²) in [5.41, 5.74) is 3.01. The zero-order valence-electron chi connectivity index (χ0n) is 21.2. The Morgan fingerprint density at radius 1 is 1.14 bits per heavy atom. The van der Waals surface area contributed by atoms with Gasteiger partial charge in [-0.2, -0.15) is 4.98 Å². The van der Waals surface area contributed by atoms with Crippen molar-refractivity contribution in [3.63, 3.8) is 0 Å². The number of urea groups is 1. The first kappa shape index (κ1) is 24.9. The van der Waals surface area contributed by atoms with Crippen LogP contribution in [0.1, 0.15) is 61.5 Å². The van der Waals surface area contributed by atoms with E-state index in [1.54, 1.807) is 12.4 Å². The fraction of sp³-hybridized carbons (Fsp3) is 0.464. The SMILES string of the molecule is Cc1ccc(CNC(=O)N2CCCCCCNC(=O)[C@@H]3C[C@@H](c4nc(-c5cccnc5)no4)C[C@@H]32)cc1. The van der Waals surface area contributed by atoms with Crippen LogP contribution in [-0.4, -0.2) is 51.1 Å². The molecule has 37 heavy (non-hydrogen) atoms. The lowest BCUT2D eigenvalue weighted by Crippen LogP contribution is -2.50. The van der Waals surface area contributed by atoms with Gasteiger partial charge in [0.1, 0.15) is 0 Å². The van der Waals surface area contributed by atoms with Gasteiger partial charge >= 0.3 is 6.03 Å². The Hall–Kier alpha value is -3.75. The van der Waals surface area contributed by atoms with Crippen LogP contribution in [0, 0.1) is 12.8 Å². The minimum Gasteiger partial charge on any atom is -0.356 e. The third-order valence-corrected chi connectivity index (χ3v) is 7.43. The van der Waals surface area contributed by atoms with Crippen LogP contribution in [0.25, 0.3) is 11.4 Å². The van der Waals surface area contributed by atoms with Crippen LogP contribution in [-0.2, 0) is 11.3 Å². The van der Waals surface area contributed by atoms with Crippen LogP contribution < -0.4 is 10.6 Å². The molecule has 3 atom stereocenters. The molecule has 2 aromatic heterocycles. The van der Waals surface area contributed by atoms with E-state index in [9.17, 15) is 9.59 Å². The summed E-state index contributed by atoms with van der Waals surface area (Å²) < 4.78 is 5.65. The lowest BCUT2D eigenvalue weighted by Gasteiger charge is -2.32. The Balaban J connectivity index is 1.36. The Labute approximate surface area is 217 Å². The second kappa shape index (κ2) is 11.5. The first-order valence-electron chi connectivity index (χ1n) is 13.2. The van der Waals surface area contributed by atoms with Gasteiger partial charge in [0.2, 0.25) is 17.6 Å². The van der Waals surface area contributed by atoms with E-state index in [-0.39, 0.29) is 29.8 Å². The number of fused-ring (bicyclic) bond motifs is 1. The fourth-order valence-electron chi connectivity index (χ4n) is 5.36. The number of hydrogen-bond donors (Lipinski definition) is 2. The highest BCUT2D eigenvalue weighted by Gasteiger charge is 2.45. The zero-order chi connectivity index (χ0) is 25.6. The van der Waals surface area contributed by atoms with Crippen molar-refractivity contribution in [1.29, 1.82) is 0 Å². The molecule has 1 saturated heterocycles. The maximum absolute atomic E-state index is 13.5. The lowest BCUT2D eigenvalue weighted by atomic mass is 10.0. The maximum atomic E-state index is 13.5. The van der Waals surface area contributed by atoms with Gasteiger partial charge in [-0.15, -0.1) is 0 Å².